The first-order chi connectivity index (χ1) is 11.8. The molecular weight excluding hydrogens is 331 g/mol. The van der Waals surface area contributed by atoms with Gasteiger partial charge in [-0.2, -0.15) is 13.2 Å². The van der Waals surface area contributed by atoms with E-state index in [1.165, 1.54) is 7.05 Å². The molecular formula is C18H16F3N3O. The van der Waals surface area contributed by atoms with Crippen molar-refractivity contribution in [1.29, 1.82) is 0 Å². The fraction of sp³-hybridized carbons (Fsp3) is 0.222. The van der Waals surface area contributed by atoms with Crippen LogP contribution >= 0.6 is 0 Å². The average molecular weight is 347 g/mol. The highest BCUT2D eigenvalue weighted by molar-refractivity contribution is 5.93. The van der Waals surface area contributed by atoms with Gasteiger partial charge < -0.3 is 10.6 Å². The lowest BCUT2D eigenvalue weighted by molar-refractivity contribution is -0.137. The third-order valence-electron chi connectivity index (χ3n) is 3.26. The minimum Gasteiger partial charge on any atom is -0.385 e. The Kier molecular flexibility index (Phi) is 5.65. The summed E-state index contributed by atoms with van der Waals surface area (Å²) in [5, 5.41) is 4.84. The molecule has 0 bridgehead atoms. The molecule has 130 valence electrons. The summed E-state index contributed by atoms with van der Waals surface area (Å²) in [4.78, 5) is 15.7. The first kappa shape index (κ1) is 18.3. The van der Waals surface area contributed by atoms with E-state index in [1.54, 1.807) is 31.2 Å². The smallest absolute Gasteiger partial charge is 0.385 e. The van der Waals surface area contributed by atoms with Crippen molar-refractivity contribution in [2.24, 2.45) is 0 Å². The molecule has 2 N–H and O–H groups in total. The number of carbonyl (C=O) groups is 1. The van der Waals surface area contributed by atoms with Gasteiger partial charge in [0.25, 0.3) is 0 Å². The molecule has 0 aliphatic carbocycles. The number of carbonyl (C=O) groups excluding carboxylic acids is 1. The van der Waals surface area contributed by atoms with Gasteiger partial charge in [0.15, 0.2) is 5.82 Å². The standard InChI is InChI=1S/C18H16F3N3O/c1-3-15(25)24-17-16(22-2)14(18(19,20)21)11-13(23-17)10-9-12-7-5-4-6-8-12/h4-8,11,22H,3H2,1-2H3,(H,23,24,25). The quantitative estimate of drug-likeness (QED) is 0.828. The highest BCUT2D eigenvalue weighted by Gasteiger charge is 2.35. The Morgan fingerprint density at radius 3 is 2.44 bits per heavy atom. The van der Waals surface area contributed by atoms with Crippen LogP contribution in [0.4, 0.5) is 24.7 Å². The summed E-state index contributed by atoms with van der Waals surface area (Å²) in [7, 11) is 1.34. The van der Waals surface area contributed by atoms with Crippen LogP contribution < -0.4 is 10.6 Å². The van der Waals surface area contributed by atoms with E-state index < -0.39 is 17.6 Å². The first-order valence-corrected chi connectivity index (χ1v) is 7.52. The number of pyridine rings is 1. The zero-order chi connectivity index (χ0) is 18.4. The molecule has 1 aromatic heterocycles. The van der Waals surface area contributed by atoms with E-state index >= 15 is 0 Å². The first-order valence-electron chi connectivity index (χ1n) is 7.52. The second-order valence-electron chi connectivity index (χ2n) is 5.04. The highest BCUT2D eigenvalue weighted by atomic mass is 19.4. The molecule has 0 saturated carbocycles. The topological polar surface area (TPSA) is 54.0 Å². The molecule has 2 aromatic rings. The van der Waals surface area contributed by atoms with Gasteiger partial charge in [0, 0.05) is 19.0 Å². The van der Waals surface area contributed by atoms with Crippen LogP contribution in [0.25, 0.3) is 0 Å². The van der Waals surface area contributed by atoms with Crippen LogP contribution in [-0.4, -0.2) is 17.9 Å². The van der Waals surface area contributed by atoms with Crippen molar-refractivity contribution in [3.8, 4) is 11.8 Å². The summed E-state index contributed by atoms with van der Waals surface area (Å²) in [5.41, 5.74) is -0.662. The molecule has 1 amide bonds. The third kappa shape index (κ3) is 4.73. The van der Waals surface area contributed by atoms with Crippen molar-refractivity contribution in [1.82, 2.24) is 4.98 Å². The van der Waals surface area contributed by atoms with Crippen LogP contribution in [0.2, 0.25) is 0 Å². The van der Waals surface area contributed by atoms with Gasteiger partial charge in [-0.05, 0) is 24.1 Å². The molecule has 4 nitrogen and oxygen atoms in total. The summed E-state index contributed by atoms with van der Waals surface area (Å²) in [5.74, 6) is 4.74. The molecule has 0 saturated heterocycles. The molecule has 0 atom stereocenters. The molecule has 0 fully saturated rings. The van der Waals surface area contributed by atoms with E-state index in [1.807, 2.05) is 6.07 Å². The van der Waals surface area contributed by atoms with Gasteiger partial charge in [-0.25, -0.2) is 4.98 Å². The summed E-state index contributed by atoms with van der Waals surface area (Å²) in [6.07, 6.45) is -4.50. The van der Waals surface area contributed by atoms with Gasteiger partial charge in [0.1, 0.15) is 5.69 Å². The van der Waals surface area contributed by atoms with Crippen molar-refractivity contribution >= 4 is 17.4 Å². The van der Waals surface area contributed by atoms with E-state index in [0.29, 0.717) is 5.56 Å². The van der Waals surface area contributed by atoms with Crippen molar-refractivity contribution in [3.05, 3.63) is 53.2 Å². The maximum absolute atomic E-state index is 13.3. The fourth-order valence-corrected chi connectivity index (χ4v) is 2.05. The number of halogens is 3. The van der Waals surface area contributed by atoms with Crippen LogP contribution in [-0.2, 0) is 11.0 Å². The number of alkyl halides is 3. The Hall–Kier alpha value is -3.01. The molecule has 2 rings (SSSR count). The fourth-order valence-electron chi connectivity index (χ4n) is 2.05. The Balaban J connectivity index is 2.55. The molecule has 0 aliphatic rings. The number of rotatable bonds is 3. The minimum absolute atomic E-state index is 0.0819. The van der Waals surface area contributed by atoms with E-state index in [0.717, 1.165) is 6.07 Å². The lowest BCUT2D eigenvalue weighted by Crippen LogP contribution is -2.17. The maximum Gasteiger partial charge on any atom is 0.418 e. The van der Waals surface area contributed by atoms with Crippen LogP contribution in [0.3, 0.4) is 0 Å². The normalized spacial score (nSPS) is 10.6. The summed E-state index contributed by atoms with van der Waals surface area (Å²) >= 11 is 0. The molecule has 7 heteroatoms. The second-order valence-corrected chi connectivity index (χ2v) is 5.04. The lowest BCUT2D eigenvalue weighted by atomic mass is 10.1. The number of nitrogens with zero attached hydrogens (tertiary/aromatic N) is 1. The summed E-state index contributed by atoms with van der Waals surface area (Å²) in [6.45, 7) is 1.60. The van der Waals surface area contributed by atoms with Gasteiger partial charge in [-0.3, -0.25) is 4.79 Å². The van der Waals surface area contributed by atoms with Gasteiger partial charge in [-0.1, -0.05) is 31.0 Å². The minimum atomic E-state index is -4.61. The van der Waals surface area contributed by atoms with Crippen LogP contribution in [0, 0.1) is 11.8 Å². The molecule has 0 unspecified atom stereocenters. The molecule has 0 spiro atoms. The molecule has 25 heavy (non-hydrogen) atoms. The van der Waals surface area contributed by atoms with Crippen molar-refractivity contribution in [2.75, 3.05) is 17.7 Å². The Morgan fingerprint density at radius 2 is 1.88 bits per heavy atom. The molecule has 0 aliphatic heterocycles. The zero-order valence-corrected chi connectivity index (χ0v) is 13.7. The molecule has 1 aromatic carbocycles. The van der Waals surface area contributed by atoms with E-state index in [9.17, 15) is 18.0 Å². The van der Waals surface area contributed by atoms with Gasteiger partial charge >= 0.3 is 6.18 Å². The number of hydrogen-bond donors (Lipinski definition) is 2. The van der Waals surface area contributed by atoms with Gasteiger partial charge in [0.05, 0.1) is 11.3 Å². The Labute approximate surface area is 143 Å². The van der Waals surface area contributed by atoms with E-state index in [-0.39, 0.29) is 23.6 Å². The Morgan fingerprint density at radius 1 is 1.20 bits per heavy atom. The van der Waals surface area contributed by atoms with E-state index in [2.05, 4.69) is 27.5 Å². The number of benzene rings is 1. The van der Waals surface area contributed by atoms with Crippen molar-refractivity contribution in [3.63, 3.8) is 0 Å². The van der Waals surface area contributed by atoms with E-state index in [4.69, 9.17) is 0 Å². The largest absolute Gasteiger partial charge is 0.418 e. The SMILES string of the molecule is CCC(=O)Nc1nc(C#Cc2ccccc2)cc(C(F)(F)F)c1NC. The monoisotopic (exact) mass is 347 g/mol. The highest BCUT2D eigenvalue weighted by Crippen LogP contribution is 2.38. The lowest BCUT2D eigenvalue weighted by Gasteiger charge is -2.16. The van der Waals surface area contributed by atoms with Crippen LogP contribution in [0.1, 0.15) is 30.2 Å². The van der Waals surface area contributed by atoms with Gasteiger partial charge in [-0.15, -0.1) is 0 Å². The number of aromatic nitrogens is 1. The number of nitrogens with one attached hydrogen (secondary N) is 2. The van der Waals surface area contributed by atoms with Crippen LogP contribution in [0.15, 0.2) is 36.4 Å². The maximum atomic E-state index is 13.3. The third-order valence-corrected chi connectivity index (χ3v) is 3.26. The predicted octanol–water partition coefficient (Wildman–Crippen LogP) is 3.89. The number of hydrogen-bond acceptors (Lipinski definition) is 3. The molecule has 1 heterocycles. The van der Waals surface area contributed by atoms with Crippen molar-refractivity contribution < 1.29 is 18.0 Å². The van der Waals surface area contributed by atoms with Crippen molar-refractivity contribution in [2.45, 2.75) is 19.5 Å². The predicted molar refractivity (Wildman–Crippen MR) is 90.1 cm³/mol. The number of anilines is 2. The summed E-state index contributed by atoms with van der Waals surface area (Å²) in [6, 6.07) is 9.69. The zero-order valence-electron chi connectivity index (χ0n) is 13.7. The average Bonchev–Trinajstić information content (AvgIpc) is 2.59. The molecule has 0 radical (unpaired) electrons. The second kappa shape index (κ2) is 7.71. The number of amides is 1. The van der Waals surface area contributed by atoms with Crippen LogP contribution in [0.5, 0.6) is 0 Å². The summed E-state index contributed by atoms with van der Waals surface area (Å²) < 4.78 is 40.0. The Bertz CT molecular complexity index is 821. The van der Waals surface area contributed by atoms with Gasteiger partial charge in [0.2, 0.25) is 5.91 Å².